The molecule has 1 aromatic rings. The van der Waals surface area contributed by atoms with Crippen molar-refractivity contribution in [2.45, 2.75) is 0 Å². The fourth-order valence-electron chi connectivity index (χ4n) is 0.988. The molecule has 0 bridgehead atoms. The molecule has 0 N–H and O–H groups in total. The molecule has 0 aromatic carbocycles. The van der Waals surface area contributed by atoms with Crippen LogP contribution >= 0.6 is 0 Å². The number of carbonyl (C=O) groups excluding carboxylic acids is 1. The normalized spacial score (nSPS) is 13.1. The summed E-state index contributed by atoms with van der Waals surface area (Å²) in [5.41, 5.74) is 0. The zero-order valence-corrected chi connectivity index (χ0v) is 6.17. The summed E-state index contributed by atoms with van der Waals surface area (Å²) in [6, 6.07) is 0.669. The molecule has 0 unspecified atom stereocenters. The second kappa shape index (κ2) is 2.41. The minimum atomic E-state index is -0.730. The first-order valence-corrected chi connectivity index (χ1v) is 3.29. The lowest BCUT2D eigenvalue weighted by atomic mass is 10.4. The van der Waals surface area contributed by atoms with Crippen LogP contribution in [0.3, 0.4) is 0 Å². The van der Waals surface area contributed by atoms with Gasteiger partial charge >= 0.3 is 11.8 Å². The fraction of sp³-hybridized carbons (Fsp3) is 0. The van der Waals surface area contributed by atoms with Crippen LogP contribution in [0.1, 0.15) is 0 Å². The lowest BCUT2D eigenvalue weighted by Gasteiger charge is -1.87. The van der Waals surface area contributed by atoms with Crippen LogP contribution in [0.25, 0.3) is 0 Å². The van der Waals surface area contributed by atoms with Crippen molar-refractivity contribution in [3.05, 3.63) is 33.1 Å². The molecule has 0 spiro atoms. The standard InChI is InChI=1S/C6H2N4O3/c11-6-8-3-1-2-7-5(10(12)13)4(3)9-6/h1-2H. The van der Waals surface area contributed by atoms with Gasteiger partial charge in [-0.05, 0) is 9.91 Å². The number of aromatic nitrogens is 1. The van der Waals surface area contributed by atoms with E-state index in [-0.39, 0.29) is 10.7 Å². The molecule has 1 aromatic heterocycles. The number of hydrogen-bond acceptors (Lipinski definition) is 4. The van der Waals surface area contributed by atoms with E-state index in [0.29, 0.717) is 0 Å². The Bertz CT molecular complexity index is 521. The molecule has 2 rings (SSSR count). The van der Waals surface area contributed by atoms with Crippen molar-refractivity contribution >= 4 is 11.8 Å². The van der Waals surface area contributed by atoms with Gasteiger partial charge in [-0.1, -0.05) is 0 Å². The average molecular weight is 178 g/mol. The number of rotatable bonds is 1. The predicted octanol–water partition coefficient (Wildman–Crippen LogP) is -0.637. The van der Waals surface area contributed by atoms with Gasteiger partial charge in [0, 0.05) is 6.07 Å². The second-order valence-corrected chi connectivity index (χ2v) is 2.27. The quantitative estimate of drug-likeness (QED) is 0.422. The fourth-order valence-corrected chi connectivity index (χ4v) is 0.988. The van der Waals surface area contributed by atoms with Gasteiger partial charge in [0.15, 0.2) is 5.36 Å². The number of hydrogen-bond donors (Lipinski definition) is 0. The molecule has 64 valence electrons. The summed E-state index contributed by atoms with van der Waals surface area (Å²) in [5, 5.41) is 10.5. The largest absolute Gasteiger partial charge is 0.391 e. The SMILES string of the molecule is O=C1N=c2ccnc([N+](=O)[O-])c2=N1. The third kappa shape index (κ3) is 1.06. The Kier molecular flexibility index (Phi) is 1.38. The molecule has 0 aliphatic carbocycles. The summed E-state index contributed by atoms with van der Waals surface area (Å²) in [7, 11) is 0. The molecule has 7 heteroatoms. The summed E-state index contributed by atoms with van der Waals surface area (Å²) in [5.74, 6) is -0.438. The van der Waals surface area contributed by atoms with Gasteiger partial charge in [0.05, 0.1) is 0 Å². The van der Waals surface area contributed by atoms with Crippen molar-refractivity contribution in [3.8, 4) is 0 Å². The maximum atomic E-state index is 10.7. The molecule has 0 fully saturated rings. The van der Waals surface area contributed by atoms with Crippen LogP contribution in [-0.2, 0) is 0 Å². The van der Waals surface area contributed by atoms with Crippen LogP contribution in [-0.4, -0.2) is 15.9 Å². The lowest BCUT2D eigenvalue weighted by molar-refractivity contribution is -0.391. The first kappa shape index (κ1) is 7.47. The summed E-state index contributed by atoms with van der Waals surface area (Å²) >= 11 is 0. The Morgan fingerprint density at radius 2 is 2.15 bits per heavy atom. The molecule has 0 atom stereocenters. The van der Waals surface area contributed by atoms with Crippen molar-refractivity contribution in [3.63, 3.8) is 0 Å². The zero-order chi connectivity index (χ0) is 9.42. The highest BCUT2D eigenvalue weighted by Crippen LogP contribution is 1.96. The molecule has 1 aliphatic rings. The highest BCUT2D eigenvalue weighted by atomic mass is 16.6. The molecule has 0 radical (unpaired) electrons. The highest BCUT2D eigenvalue weighted by Gasteiger charge is 2.17. The monoisotopic (exact) mass is 178 g/mol. The van der Waals surface area contributed by atoms with Gasteiger partial charge in [-0.25, -0.2) is 4.79 Å². The molecule has 1 aliphatic heterocycles. The number of carbonyl (C=O) groups is 1. The van der Waals surface area contributed by atoms with Crippen molar-refractivity contribution in [2.24, 2.45) is 9.98 Å². The predicted molar refractivity (Wildman–Crippen MR) is 38.6 cm³/mol. The van der Waals surface area contributed by atoms with E-state index < -0.39 is 16.8 Å². The smallest absolute Gasteiger partial charge is 0.358 e. The molecular weight excluding hydrogens is 176 g/mol. The zero-order valence-electron chi connectivity index (χ0n) is 6.17. The van der Waals surface area contributed by atoms with Crippen LogP contribution in [0.15, 0.2) is 22.2 Å². The molecule has 2 amide bonds. The molecule has 7 nitrogen and oxygen atoms in total. The van der Waals surface area contributed by atoms with Crippen LogP contribution in [0.2, 0.25) is 0 Å². The maximum absolute atomic E-state index is 10.7. The molecule has 2 heterocycles. The van der Waals surface area contributed by atoms with Gasteiger partial charge < -0.3 is 10.1 Å². The third-order valence-corrected chi connectivity index (χ3v) is 1.48. The third-order valence-electron chi connectivity index (χ3n) is 1.48. The Morgan fingerprint density at radius 3 is 2.85 bits per heavy atom. The number of pyridine rings is 1. The average Bonchev–Trinajstić information content (AvgIpc) is 2.43. The van der Waals surface area contributed by atoms with E-state index in [1.807, 2.05) is 0 Å². The van der Waals surface area contributed by atoms with E-state index in [2.05, 4.69) is 15.0 Å². The van der Waals surface area contributed by atoms with Gasteiger partial charge in [-0.2, -0.15) is 9.98 Å². The van der Waals surface area contributed by atoms with E-state index in [1.165, 1.54) is 12.3 Å². The Labute approximate surface area is 70.6 Å². The Hall–Kier alpha value is -2.18. The first-order chi connectivity index (χ1) is 6.18. The van der Waals surface area contributed by atoms with E-state index in [1.54, 1.807) is 0 Å². The number of urea groups is 1. The van der Waals surface area contributed by atoms with Crippen molar-refractivity contribution in [2.75, 3.05) is 0 Å². The molecular formula is C6H2N4O3. The van der Waals surface area contributed by atoms with Gasteiger partial charge in [0.2, 0.25) is 0 Å². The summed E-state index contributed by atoms with van der Waals surface area (Å²) in [4.78, 5) is 30.7. The summed E-state index contributed by atoms with van der Waals surface area (Å²) in [6.45, 7) is 0. The van der Waals surface area contributed by atoms with Gasteiger partial charge in [-0.3, -0.25) is 0 Å². The summed E-state index contributed by atoms with van der Waals surface area (Å²) in [6.07, 6.45) is 1.22. The topological polar surface area (TPSA) is 97.8 Å². The van der Waals surface area contributed by atoms with Crippen molar-refractivity contribution in [1.82, 2.24) is 4.98 Å². The first-order valence-electron chi connectivity index (χ1n) is 3.29. The second-order valence-electron chi connectivity index (χ2n) is 2.27. The van der Waals surface area contributed by atoms with E-state index in [0.717, 1.165) is 0 Å². The van der Waals surface area contributed by atoms with E-state index >= 15 is 0 Å². The van der Waals surface area contributed by atoms with Gasteiger partial charge in [-0.15, -0.1) is 0 Å². The van der Waals surface area contributed by atoms with Crippen LogP contribution in [0.5, 0.6) is 0 Å². The van der Waals surface area contributed by atoms with Gasteiger partial charge in [0.25, 0.3) is 0 Å². The minimum absolute atomic E-state index is 0.0579. The Balaban J connectivity index is 2.88. The van der Waals surface area contributed by atoms with Crippen LogP contribution in [0, 0.1) is 10.1 Å². The van der Waals surface area contributed by atoms with Crippen LogP contribution in [0.4, 0.5) is 10.6 Å². The van der Waals surface area contributed by atoms with Crippen LogP contribution < -0.4 is 10.7 Å². The van der Waals surface area contributed by atoms with Crippen molar-refractivity contribution < 1.29 is 9.72 Å². The summed E-state index contributed by atoms with van der Waals surface area (Å²) < 4.78 is 0. The minimum Gasteiger partial charge on any atom is -0.358 e. The molecule has 0 saturated heterocycles. The molecule has 0 saturated carbocycles. The van der Waals surface area contributed by atoms with E-state index in [9.17, 15) is 14.9 Å². The Morgan fingerprint density at radius 1 is 1.38 bits per heavy atom. The number of nitrogens with zero attached hydrogens (tertiary/aromatic N) is 4. The number of amides is 2. The number of fused-ring (bicyclic) bond motifs is 1. The van der Waals surface area contributed by atoms with Crippen molar-refractivity contribution in [1.29, 1.82) is 0 Å². The highest BCUT2D eigenvalue weighted by molar-refractivity contribution is 5.77. The lowest BCUT2D eigenvalue weighted by Crippen LogP contribution is -2.25. The van der Waals surface area contributed by atoms with E-state index in [4.69, 9.17) is 0 Å². The maximum Gasteiger partial charge on any atom is 0.391 e. The van der Waals surface area contributed by atoms with Gasteiger partial charge in [0.1, 0.15) is 11.6 Å². The molecule has 13 heavy (non-hydrogen) atoms. The number of nitro groups is 1.